The summed E-state index contributed by atoms with van der Waals surface area (Å²) in [6.07, 6.45) is 3.53. The highest BCUT2D eigenvalue weighted by molar-refractivity contribution is 5.55. The van der Waals surface area contributed by atoms with Gasteiger partial charge in [0, 0.05) is 0 Å². The average molecular weight is 274 g/mol. The Balaban J connectivity index is 2.21. The molecule has 0 radical (unpaired) electrons. The van der Waals surface area contributed by atoms with Crippen molar-refractivity contribution < 1.29 is 9.47 Å². The molecule has 0 amide bonds. The zero-order valence-electron chi connectivity index (χ0n) is 11.6. The largest absolute Gasteiger partial charge is 0.489 e. The smallest absolute Gasteiger partial charge is 0.268 e. The van der Waals surface area contributed by atoms with E-state index in [2.05, 4.69) is 22.3 Å². The number of nitrogens with one attached hydrogen (secondary N) is 1. The van der Waals surface area contributed by atoms with Crippen molar-refractivity contribution in [3.05, 3.63) is 36.2 Å². The first-order chi connectivity index (χ1) is 9.78. The third kappa shape index (κ3) is 3.16. The molecule has 0 aliphatic rings. The number of benzene rings is 1. The molecule has 3 N–H and O–H groups in total. The predicted molar refractivity (Wildman–Crippen MR) is 76.9 cm³/mol. The fraction of sp³-hybridized carbons (Fsp3) is 0.286. The zero-order valence-corrected chi connectivity index (χ0v) is 11.6. The normalized spacial score (nSPS) is 10.2. The number of hydrogen-bond donors (Lipinski definition) is 2. The third-order valence-corrected chi connectivity index (χ3v) is 2.79. The lowest BCUT2D eigenvalue weighted by Gasteiger charge is -2.11. The van der Waals surface area contributed by atoms with Gasteiger partial charge in [0.05, 0.1) is 7.11 Å². The Morgan fingerprint density at radius 2 is 1.95 bits per heavy atom. The molecule has 2 aromatic rings. The first-order valence-corrected chi connectivity index (χ1v) is 6.40. The number of hydrogen-bond acceptors (Lipinski definition) is 6. The standard InChI is InChI=1S/C14H18N4O2/c1-3-4-10-5-7-11(8-6-10)20-14-12(19-2)13(18-15)16-9-17-14/h5-9H,3-4,15H2,1-2H3,(H,16,17,18). The maximum Gasteiger partial charge on any atom is 0.268 e. The Bertz CT molecular complexity index is 558. The van der Waals surface area contributed by atoms with Crippen molar-refractivity contribution in [2.24, 2.45) is 5.84 Å². The summed E-state index contributed by atoms with van der Waals surface area (Å²) in [7, 11) is 1.51. The summed E-state index contributed by atoms with van der Waals surface area (Å²) in [6.45, 7) is 2.15. The van der Waals surface area contributed by atoms with Gasteiger partial charge < -0.3 is 14.9 Å². The Kier molecular flexibility index (Phi) is 4.73. The molecule has 0 spiro atoms. The number of methoxy groups -OCH3 is 1. The summed E-state index contributed by atoms with van der Waals surface area (Å²) >= 11 is 0. The molecule has 0 aliphatic carbocycles. The summed E-state index contributed by atoms with van der Waals surface area (Å²) in [5.74, 6) is 7.11. The molecule has 1 aromatic carbocycles. The van der Waals surface area contributed by atoms with Crippen molar-refractivity contribution in [3.8, 4) is 17.4 Å². The molecule has 1 aromatic heterocycles. The molecule has 6 nitrogen and oxygen atoms in total. The van der Waals surface area contributed by atoms with Gasteiger partial charge >= 0.3 is 0 Å². The third-order valence-electron chi connectivity index (χ3n) is 2.79. The second-order valence-electron chi connectivity index (χ2n) is 4.20. The number of nitrogens with zero attached hydrogens (tertiary/aromatic N) is 2. The van der Waals surface area contributed by atoms with Crippen molar-refractivity contribution in [2.75, 3.05) is 12.5 Å². The highest BCUT2D eigenvalue weighted by Gasteiger charge is 2.13. The first kappa shape index (κ1) is 14.1. The number of rotatable bonds is 6. The number of ether oxygens (including phenoxy) is 2. The van der Waals surface area contributed by atoms with Gasteiger partial charge in [0.2, 0.25) is 5.75 Å². The van der Waals surface area contributed by atoms with Crippen LogP contribution in [0, 0.1) is 0 Å². The van der Waals surface area contributed by atoms with Gasteiger partial charge in [0.25, 0.3) is 5.88 Å². The van der Waals surface area contributed by atoms with E-state index in [1.165, 1.54) is 19.0 Å². The van der Waals surface area contributed by atoms with Gasteiger partial charge in [0.15, 0.2) is 5.82 Å². The molecule has 20 heavy (non-hydrogen) atoms. The van der Waals surface area contributed by atoms with E-state index < -0.39 is 0 Å². The molecule has 1 heterocycles. The molecule has 0 fully saturated rings. The molecular formula is C14H18N4O2. The Hall–Kier alpha value is -2.34. The van der Waals surface area contributed by atoms with Crippen LogP contribution in [0.25, 0.3) is 0 Å². The van der Waals surface area contributed by atoms with Crippen LogP contribution < -0.4 is 20.7 Å². The number of nitrogens with two attached hydrogens (primary N) is 1. The van der Waals surface area contributed by atoms with Crippen LogP contribution in [-0.4, -0.2) is 17.1 Å². The van der Waals surface area contributed by atoms with Crippen LogP contribution in [0.2, 0.25) is 0 Å². The number of nitrogen functional groups attached to an aromatic ring is 1. The van der Waals surface area contributed by atoms with E-state index in [0.29, 0.717) is 23.2 Å². The Labute approximate surface area is 117 Å². The van der Waals surface area contributed by atoms with Crippen LogP contribution in [0.15, 0.2) is 30.6 Å². The lowest BCUT2D eigenvalue weighted by Crippen LogP contribution is -2.10. The van der Waals surface area contributed by atoms with Crippen molar-refractivity contribution >= 4 is 5.82 Å². The number of hydrazine groups is 1. The second-order valence-corrected chi connectivity index (χ2v) is 4.20. The predicted octanol–water partition coefficient (Wildman–Crippen LogP) is 2.52. The van der Waals surface area contributed by atoms with Crippen LogP contribution in [0.1, 0.15) is 18.9 Å². The van der Waals surface area contributed by atoms with Crippen molar-refractivity contribution in [1.82, 2.24) is 9.97 Å². The molecule has 0 saturated carbocycles. The van der Waals surface area contributed by atoms with Gasteiger partial charge in [-0.25, -0.2) is 10.8 Å². The van der Waals surface area contributed by atoms with E-state index in [-0.39, 0.29) is 0 Å². The molecule has 106 valence electrons. The van der Waals surface area contributed by atoms with E-state index in [4.69, 9.17) is 15.3 Å². The minimum Gasteiger partial charge on any atom is -0.489 e. The summed E-state index contributed by atoms with van der Waals surface area (Å²) in [5, 5.41) is 0. The SMILES string of the molecule is CCCc1ccc(Oc2ncnc(NN)c2OC)cc1. The maximum absolute atomic E-state index is 5.70. The number of anilines is 1. The molecule has 0 atom stereocenters. The van der Waals surface area contributed by atoms with Crippen LogP contribution in [0.3, 0.4) is 0 Å². The molecule has 0 aliphatic heterocycles. The van der Waals surface area contributed by atoms with Gasteiger partial charge in [-0.2, -0.15) is 4.98 Å². The Morgan fingerprint density at radius 3 is 2.55 bits per heavy atom. The van der Waals surface area contributed by atoms with Crippen molar-refractivity contribution in [3.63, 3.8) is 0 Å². The van der Waals surface area contributed by atoms with E-state index in [0.717, 1.165) is 12.8 Å². The summed E-state index contributed by atoms with van der Waals surface area (Å²) in [6, 6.07) is 7.88. The van der Waals surface area contributed by atoms with Crippen LogP contribution in [0.4, 0.5) is 5.82 Å². The summed E-state index contributed by atoms with van der Waals surface area (Å²) in [5.41, 5.74) is 3.72. The molecular weight excluding hydrogens is 256 g/mol. The highest BCUT2D eigenvalue weighted by atomic mass is 16.5. The van der Waals surface area contributed by atoms with E-state index >= 15 is 0 Å². The number of aromatic nitrogens is 2. The van der Waals surface area contributed by atoms with E-state index in [1.54, 1.807) is 0 Å². The monoisotopic (exact) mass is 274 g/mol. The lowest BCUT2D eigenvalue weighted by atomic mass is 10.1. The van der Waals surface area contributed by atoms with E-state index in [9.17, 15) is 0 Å². The number of aryl methyl sites for hydroxylation is 1. The van der Waals surface area contributed by atoms with Crippen LogP contribution in [0.5, 0.6) is 17.4 Å². The van der Waals surface area contributed by atoms with Gasteiger partial charge in [-0.3, -0.25) is 0 Å². The minimum atomic E-state index is 0.318. The first-order valence-electron chi connectivity index (χ1n) is 6.40. The second kappa shape index (κ2) is 6.72. The zero-order chi connectivity index (χ0) is 14.4. The average Bonchev–Trinajstić information content (AvgIpc) is 2.49. The minimum absolute atomic E-state index is 0.318. The van der Waals surface area contributed by atoms with Crippen LogP contribution >= 0.6 is 0 Å². The topological polar surface area (TPSA) is 82.3 Å². The highest BCUT2D eigenvalue weighted by Crippen LogP contribution is 2.33. The molecule has 2 rings (SSSR count). The fourth-order valence-electron chi connectivity index (χ4n) is 1.84. The summed E-state index contributed by atoms with van der Waals surface area (Å²) in [4.78, 5) is 8.01. The molecule has 6 heteroatoms. The fourth-order valence-corrected chi connectivity index (χ4v) is 1.84. The Morgan fingerprint density at radius 1 is 1.20 bits per heavy atom. The van der Waals surface area contributed by atoms with Crippen molar-refractivity contribution in [2.45, 2.75) is 19.8 Å². The maximum atomic E-state index is 5.70. The molecule has 0 saturated heterocycles. The molecule has 0 unspecified atom stereocenters. The van der Waals surface area contributed by atoms with Gasteiger partial charge in [-0.1, -0.05) is 25.5 Å². The van der Waals surface area contributed by atoms with Gasteiger partial charge in [-0.05, 0) is 24.1 Å². The van der Waals surface area contributed by atoms with Gasteiger partial charge in [-0.15, -0.1) is 0 Å². The van der Waals surface area contributed by atoms with Gasteiger partial charge in [0.1, 0.15) is 12.1 Å². The van der Waals surface area contributed by atoms with Crippen LogP contribution in [-0.2, 0) is 6.42 Å². The van der Waals surface area contributed by atoms with Crippen molar-refractivity contribution in [1.29, 1.82) is 0 Å². The molecule has 0 bridgehead atoms. The van der Waals surface area contributed by atoms with E-state index in [1.807, 2.05) is 24.3 Å². The summed E-state index contributed by atoms with van der Waals surface area (Å²) < 4.78 is 10.9. The lowest BCUT2D eigenvalue weighted by molar-refractivity contribution is 0.369. The quantitative estimate of drug-likeness (QED) is 0.622.